The van der Waals surface area contributed by atoms with Crippen LogP contribution in [0.3, 0.4) is 0 Å². The molecule has 0 spiro atoms. The first-order chi connectivity index (χ1) is 9.51. The van der Waals surface area contributed by atoms with Gasteiger partial charge in [0, 0.05) is 19.2 Å². The van der Waals surface area contributed by atoms with Crippen LogP contribution in [-0.2, 0) is 16.1 Å². The second-order valence-electron chi connectivity index (χ2n) is 4.83. The van der Waals surface area contributed by atoms with Gasteiger partial charge in [0.15, 0.2) is 0 Å². The van der Waals surface area contributed by atoms with Crippen LogP contribution in [0.15, 0.2) is 12.3 Å². The lowest BCUT2D eigenvalue weighted by molar-refractivity contribution is -0.134. The molecule has 4 N–H and O–H groups in total. The molecule has 1 fully saturated rings. The summed E-state index contributed by atoms with van der Waals surface area (Å²) >= 11 is 0. The third-order valence-electron chi connectivity index (χ3n) is 3.16. The normalized spacial score (nSPS) is 18.8. The van der Waals surface area contributed by atoms with Crippen LogP contribution < -0.4 is 16.4 Å². The van der Waals surface area contributed by atoms with Gasteiger partial charge in [-0.1, -0.05) is 6.92 Å². The van der Waals surface area contributed by atoms with Crippen LogP contribution in [0.4, 0.5) is 5.69 Å². The molecule has 1 atom stereocenters. The van der Waals surface area contributed by atoms with Gasteiger partial charge in [-0.25, -0.2) is 0 Å². The van der Waals surface area contributed by atoms with Gasteiger partial charge in [0.1, 0.15) is 11.7 Å². The molecular formula is C13H18N4O3. The van der Waals surface area contributed by atoms with E-state index in [9.17, 15) is 14.4 Å². The van der Waals surface area contributed by atoms with Crippen LogP contribution >= 0.6 is 0 Å². The van der Waals surface area contributed by atoms with E-state index in [4.69, 9.17) is 5.73 Å². The molecule has 7 nitrogen and oxygen atoms in total. The SMILES string of the molecule is CCCn1cc(N)cc1C(=O)NC1CCC(=O)NC1=O. The fraction of sp³-hybridized carbons (Fsp3) is 0.462. The van der Waals surface area contributed by atoms with E-state index in [1.54, 1.807) is 16.8 Å². The molecule has 3 amide bonds. The largest absolute Gasteiger partial charge is 0.397 e. The molecule has 1 aromatic rings. The Bertz CT molecular complexity index is 550. The predicted molar refractivity (Wildman–Crippen MR) is 72.8 cm³/mol. The van der Waals surface area contributed by atoms with Gasteiger partial charge in [-0.05, 0) is 18.9 Å². The zero-order valence-electron chi connectivity index (χ0n) is 11.3. The topological polar surface area (TPSA) is 106 Å². The molecule has 1 saturated heterocycles. The number of rotatable bonds is 4. The first-order valence-electron chi connectivity index (χ1n) is 6.61. The number of aryl methyl sites for hydroxylation is 1. The second kappa shape index (κ2) is 5.77. The van der Waals surface area contributed by atoms with Crippen molar-refractivity contribution in [2.24, 2.45) is 0 Å². The van der Waals surface area contributed by atoms with E-state index in [0.717, 1.165) is 6.42 Å². The minimum atomic E-state index is -0.675. The van der Waals surface area contributed by atoms with Gasteiger partial charge in [-0.2, -0.15) is 0 Å². The van der Waals surface area contributed by atoms with Crippen molar-refractivity contribution >= 4 is 23.4 Å². The molecule has 1 aliphatic heterocycles. The highest BCUT2D eigenvalue weighted by molar-refractivity contribution is 6.03. The van der Waals surface area contributed by atoms with Crippen LogP contribution in [0.2, 0.25) is 0 Å². The average molecular weight is 278 g/mol. The van der Waals surface area contributed by atoms with Crippen LogP contribution in [0, 0.1) is 0 Å². The quantitative estimate of drug-likeness (QED) is 0.675. The Balaban J connectivity index is 2.08. The maximum atomic E-state index is 12.2. The summed E-state index contributed by atoms with van der Waals surface area (Å²) in [5.41, 5.74) is 6.63. The molecule has 0 radical (unpaired) electrons. The van der Waals surface area contributed by atoms with E-state index >= 15 is 0 Å². The Hall–Kier alpha value is -2.31. The van der Waals surface area contributed by atoms with Crippen molar-refractivity contribution in [3.05, 3.63) is 18.0 Å². The lowest BCUT2D eigenvalue weighted by Gasteiger charge is -2.22. The zero-order chi connectivity index (χ0) is 14.7. The summed E-state index contributed by atoms with van der Waals surface area (Å²) in [4.78, 5) is 34.9. The monoisotopic (exact) mass is 278 g/mol. The summed E-state index contributed by atoms with van der Waals surface area (Å²) in [6.45, 7) is 2.67. The van der Waals surface area contributed by atoms with E-state index in [1.165, 1.54) is 0 Å². The van der Waals surface area contributed by atoms with Gasteiger partial charge in [0.25, 0.3) is 5.91 Å². The van der Waals surface area contributed by atoms with E-state index in [2.05, 4.69) is 10.6 Å². The van der Waals surface area contributed by atoms with Gasteiger partial charge < -0.3 is 15.6 Å². The number of nitrogen functional groups attached to an aromatic ring is 1. The summed E-state index contributed by atoms with van der Waals surface area (Å²) in [6, 6.07) is 0.906. The molecule has 1 unspecified atom stereocenters. The molecule has 20 heavy (non-hydrogen) atoms. The van der Waals surface area contributed by atoms with E-state index in [-0.39, 0.29) is 18.2 Å². The van der Waals surface area contributed by atoms with Crippen molar-refractivity contribution in [1.29, 1.82) is 0 Å². The first kappa shape index (κ1) is 14.1. The predicted octanol–water partition coefficient (Wildman–Crippen LogP) is 0.0153. The summed E-state index contributed by atoms with van der Waals surface area (Å²) < 4.78 is 1.76. The summed E-state index contributed by atoms with van der Waals surface area (Å²) in [7, 11) is 0. The number of piperidine rings is 1. The van der Waals surface area contributed by atoms with Gasteiger partial charge >= 0.3 is 0 Å². The fourth-order valence-corrected chi connectivity index (χ4v) is 2.21. The zero-order valence-corrected chi connectivity index (χ0v) is 11.3. The Morgan fingerprint density at radius 2 is 2.30 bits per heavy atom. The Kier molecular flexibility index (Phi) is 4.07. The third-order valence-corrected chi connectivity index (χ3v) is 3.16. The van der Waals surface area contributed by atoms with E-state index < -0.39 is 11.9 Å². The molecule has 0 aromatic carbocycles. The lowest BCUT2D eigenvalue weighted by atomic mass is 10.1. The van der Waals surface area contributed by atoms with Crippen molar-refractivity contribution < 1.29 is 14.4 Å². The molecule has 0 aliphatic carbocycles. The standard InChI is InChI=1S/C13H18N4O3/c1-2-5-17-7-8(14)6-10(17)13(20)15-9-3-4-11(18)16-12(9)19/h6-7,9H,2-5,14H2,1H3,(H,15,20)(H,16,18,19). The van der Waals surface area contributed by atoms with Crippen LogP contribution in [0.25, 0.3) is 0 Å². The maximum absolute atomic E-state index is 12.2. The summed E-state index contributed by atoms with van der Waals surface area (Å²) in [6.07, 6.45) is 3.12. The number of aromatic nitrogens is 1. The molecule has 7 heteroatoms. The number of carbonyl (C=O) groups is 3. The van der Waals surface area contributed by atoms with Crippen LogP contribution in [0.1, 0.15) is 36.7 Å². The van der Waals surface area contributed by atoms with Crippen molar-refractivity contribution in [2.75, 3.05) is 5.73 Å². The van der Waals surface area contributed by atoms with Gasteiger partial charge in [-0.3, -0.25) is 19.7 Å². The number of carbonyl (C=O) groups excluding carboxylic acids is 3. The van der Waals surface area contributed by atoms with Crippen molar-refractivity contribution in [2.45, 2.75) is 38.8 Å². The Morgan fingerprint density at radius 3 is 2.95 bits per heavy atom. The van der Waals surface area contributed by atoms with Gasteiger partial charge in [-0.15, -0.1) is 0 Å². The molecular weight excluding hydrogens is 260 g/mol. The first-order valence-corrected chi connectivity index (χ1v) is 6.61. The second-order valence-corrected chi connectivity index (χ2v) is 4.83. The molecule has 2 heterocycles. The molecule has 0 saturated carbocycles. The fourth-order valence-electron chi connectivity index (χ4n) is 2.21. The number of hydrogen-bond donors (Lipinski definition) is 3. The highest BCUT2D eigenvalue weighted by atomic mass is 16.2. The smallest absolute Gasteiger partial charge is 0.268 e. The molecule has 0 bridgehead atoms. The third kappa shape index (κ3) is 2.98. The lowest BCUT2D eigenvalue weighted by Crippen LogP contribution is -2.52. The molecule has 1 aliphatic rings. The molecule has 108 valence electrons. The minimum Gasteiger partial charge on any atom is -0.397 e. The average Bonchev–Trinajstić information content (AvgIpc) is 2.74. The Morgan fingerprint density at radius 1 is 1.55 bits per heavy atom. The summed E-state index contributed by atoms with van der Waals surface area (Å²) in [5, 5.41) is 4.85. The van der Waals surface area contributed by atoms with Gasteiger partial charge in [0.2, 0.25) is 11.8 Å². The highest BCUT2D eigenvalue weighted by Crippen LogP contribution is 2.13. The summed E-state index contributed by atoms with van der Waals surface area (Å²) in [5.74, 6) is -1.13. The number of amides is 3. The number of nitrogens with one attached hydrogen (secondary N) is 2. The maximum Gasteiger partial charge on any atom is 0.268 e. The number of nitrogens with two attached hydrogens (primary N) is 1. The number of anilines is 1. The highest BCUT2D eigenvalue weighted by Gasteiger charge is 2.28. The van der Waals surface area contributed by atoms with E-state index in [1.807, 2.05) is 6.92 Å². The van der Waals surface area contributed by atoms with E-state index in [0.29, 0.717) is 24.3 Å². The number of nitrogens with zero attached hydrogens (tertiary/aromatic N) is 1. The van der Waals surface area contributed by atoms with Crippen molar-refractivity contribution in [1.82, 2.24) is 15.2 Å². The number of imide groups is 1. The van der Waals surface area contributed by atoms with Crippen LogP contribution in [-0.4, -0.2) is 28.3 Å². The van der Waals surface area contributed by atoms with Crippen LogP contribution in [0.5, 0.6) is 0 Å². The molecule has 1 aromatic heterocycles. The minimum absolute atomic E-state index is 0.231. The van der Waals surface area contributed by atoms with Gasteiger partial charge in [0.05, 0.1) is 5.69 Å². The number of hydrogen-bond acceptors (Lipinski definition) is 4. The van der Waals surface area contributed by atoms with Crippen molar-refractivity contribution in [3.8, 4) is 0 Å². The Labute approximate surface area is 116 Å². The van der Waals surface area contributed by atoms with Crippen molar-refractivity contribution in [3.63, 3.8) is 0 Å². The molecule has 2 rings (SSSR count).